The standard InChI is InChI=1S/C20H19BrClN3O4/c1-26-13-8-6-11(21)19(29-4)16(13)10-5-7-14(27-2)17(18(10)28-3)12-9-15(22)25-20(23)24-12/h5-9H,1-4H3,(H2,23,24,25). The smallest absolute Gasteiger partial charge is 0.221 e. The van der Waals surface area contributed by atoms with Gasteiger partial charge in [-0.3, -0.25) is 0 Å². The lowest BCUT2D eigenvalue weighted by Gasteiger charge is -2.20. The number of hydrogen-bond donors (Lipinski definition) is 1. The number of nitrogen functional groups attached to an aromatic ring is 1. The third-order valence-corrected chi connectivity index (χ3v) is 5.09. The lowest BCUT2D eigenvalue weighted by molar-refractivity contribution is 0.390. The molecule has 2 aromatic carbocycles. The Morgan fingerprint density at radius 3 is 2.03 bits per heavy atom. The van der Waals surface area contributed by atoms with Crippen LogP contribution in [0.1, 0.15) is 0 Å². The molecule has 3 aromatic rings. The number of aromatic nitrogens is 2. The fourth-order valence-electron chi connectivity index (χ4n) is 3.11. The Kier molecular flexibility index (Phi) is 6.34. The van der Waals surface area contributed by atoms with Crippen LogP contribution < -0.4 is 24.7 Å². The van der Waals surface area contributed by atoms with Gasteiger partial charge in [-0.25, -0.2) is 9.97 Å². The molecule has 0 aliphatic rings. The van der Waals surface area contributed by atoms with E-state index in [2.05, 4.69) is 25.9 Å². The predicted octanol–water partition coefficient (Wildman–Crippen LogP) is 4.84. The number of halogens is 2. The van der Waals surface area contributed by atoms with E-state index >= 15 is 0 Å². The van der Waals surface area contributed by atoms with Crippen molar-refractivity contribution in [2.24, 2.45) is 0 Å². The second-order valence-electron chi connectivity index (χ2n) is 5.82. The SMILES string of the molecule is COc1ccc(-c2c(OC)ccc(Br)c2OC)c(OC)c1-c1cc(Cl)nc(N)n1. The first-order valence-corrected chi connectivity index (χ1v) is 9.58. The van der Waals surface area contributed by atoms with Crippen molar-refractivity contribution >= 4 is 33.5 Å². The van der Waals surface area contributed by atoms with Crippen molar-refractivity contribution in [3.8, 4) is 45.4 Å². The van der Waals surface area contributed by atoms with Crippen molar-refractivity contribution in [3.05, 3.63) is 40.0 Å². The molecule has 3 rings (SSSR count). The highest BCUT2D eigenvalue weighted by Crippen LogP contribution is 2.51. The van der Waals surface area contributed by atoms with Crippen LogP contribution in [0.2, 0.25) is 5.15 Å². The summed E-state index contributed by atoms with van der Waals surface area (Å²) in [7, 11) is 6.30. The average molecular weight is 481 g/mol. The monoisotopic (exact) mass is 479 g/mol. The molecule has 0 saturated heterocycles. The molecule has 0 aliphatic carbocycles. The molecule has 1 aromatic heterocycles. The summed E-state index contributed by atoms with van der Waals surface area (Å²) in [6, 6.07) is 8.95. The number of ether oxygens (including phenoxy) is 4. The highest BCUT2D eigenvalue weighted by Gasteiger charge is 2.25. The van der Waals surface area contributed by atoms with Gasteiger partial charge in [0.05, 0.1) is 49.7 Å². The third kappa shape index (κ3) is 3.90. The molecule has 0 aliphatic heterocycles. The molecule has 0 spiro atoms. The van der Waals surface area contributed by atoms with Crippen molar-refractivity contribution in [1.29, 1.82) is 0 Å². The molecule has 152 valence electrons. The summed E-state index contributed by atoms with van der Waals surface area (Å²) in [4.78, 5) is 8.23. The summed E-state index contributed by atoms with van der Waals surface area (Å²) in [5.41, 5.74) is 8.27. The minimum Gasteiger partial charge on any atom is -0.496 e. The van der Waals surface area contributed by atoms with Gasteiger partial charge in [0.2, 0.25) is 5.95 Å². The van der Waals surface area contributed by atoms with E-state index in [1.807, 2.05) is 18.2 Å². The zero-order chi connectivity index (χ0) is 21.1. The maximum Gasteiger partial charge on any atom is 0.221 e. The quantitative estimate of drug-likeness (QED) is 0.505. The van der Waals surface area contributed by atoms with E-state index in [-0.39, 0.29) is 11.1 Å². The van der Waals surface area contributed by atoms with Crippen molar-refractivity contribution in [1.82, 2.24) is 9.97 Å². The summed E-state index contributed by atoms with van der Waals surface area (Å²) < 4.78 is 23.3. The zero-order valence-corrected chi connectivity index (χ0v) is 18.6. The second-order valence-corrected chi connectivity index (χ2v) is 7.06. The molecule has 0 atom stereocenters. The number of rotatable bonds is 6. The van der Waals surface area contributed by atoms with E-state index in [1.54, 1.807) is 40.6 Å². The molecule has 0 radical (unpaired) electrons. The second kappa shape index (κ2) is 8.75. The van der Waals surface area contributed by atoms with Crippen LogP contribution in [-0.2, 0) is 0 Å². The Morgan fingerprint density at radius 1 is 0.828 bits per heavy atom. The molecule has 0 bridgehead atoms. The molecule has 0 amide bonds. The normalized spacial score (nSPS) is 10.6. The molecule has 1 heterocycles. The van der Waals surface area contributed by atoms with Crippen LogP contribution in [0.4, 0.5) is 5.95 Å². The minimum atomic E-state index is 0.0413. The summed E-state index contributed by atoms with van der Waals surface area (Å²) in [6.07, 6.45) is 0. The van der Waals surface area contributed by atoms with Crippen LogP contribution in [0.25, 0.3) is 22.4 Å². The molecular weight excluding hydrogens is 462 g/mol. The zero-order valence-electron chi connectivity index (χ0n) is 16.2. The van der Waals surface area contributed by atoms with E-state index < -0.39 is 0 Å². The number of anilines is 1. The van der Waals surface area contributed by atoms with Gasteiger partial charge in [-0.15, -0.1) is 0 Å². The lowest BCUT2D eigenvalue weighted by atomic mass is 9.97. The van der Waals surface area contributed by atoms with Crippen LogP contribution >= 0.6 is 27.5 Å². The summed E-state index contributed by atoms with van der Waals surface area (Å²) in [5, 5.41) is 0.208. The summed E-state index contributed by atoms with van der Waals surface area (Å²) in [6.45, 7) is 0. The summed E-state index contributed by atoms with van der Waals surface area (Å²) >= 11 is 9.63. The lowest BCUT2D eigenvalue weighted by Crippen LogP contribution is -2.02. The van der Waals surface area contributed by atoms with E-state index in [9.17, 15) is 0 Å². The Hall–Kier alpha value is -2.71. The van der Waals surface area contributed by atoms with Crippen LogP contribution in [0.15, 0.2) is 34.8 Å². The van der Waals surface area contributed by atoms with E-state index in [4.69, 9.17) is 36.3 Å². The first-order valence-electron chi connectivity index (χ1n) is 8.41. The molecule has 0 fully saturated rings. The van der Waals surface area contributed by atoms with E-state index in [0.717, 1.165) is 4.47 Å². The number of nitrogens with two attached hydrogens (primary N) is 1. The van der Waals surface area contributed by atoms with Crippen LogP contribution in [0.5, 0.6) is 23.0 Å². The van der Waals surface area contributed by atoms with Crippen molar-refractivity contribution in [2.75, 3.05) is 34.2 Å². The van der Waals surface area contributed by atoms with Crippen molar-refractivity contribution in [2.45, 2.75) is 0 Å². The number of nitrogens with zero attached hydrogens (tertiary/aromatic N) is 2. The van der Waals surface area contributed by atoms with Crippen molar-refractivity contribution < 1.29 is 18.9 Å². The average Bonchev–Trinajstić information content (AvgIpc) is 2.71. The van der Waals surface area contributed by atoms with Gasteiger partial charge >= 0.3 is 0 Å². The first-order chi connectivity index (χ1) is 13.9. The Morgan fingerprint density at radius 2 is 1.45 bits per heavy atom. The van der Waals surface area contributed by atoms with Gasteiger partial charge in [0.25, 0.3) is 0 Å². The number of methoxy groups -OCH3 is 4. The third-order valence-electron chi connectivity index (χ3n) is 4.28. The van der Waals surface area contributed by atoms with Gasteiger partial charge in [-0.2, -0.15) is 0 Å². The molecule has 0 saturated carbocycles. The Balaban J connectivity index is 2.41. The van der Waals surface area contributed by atoms with E-state index in [1.165, 1.54) is 0 Å². The van der Waals surface area contributed by atoms with E-state index in [0.29, 0.717) is 45.4 Å². The maximum atomic E-state index is 6.11. The highest BCUT2D eigenvalue weighted by atomic mass is 79.9. The van der Waals surface area contributed by atoms with Crippen LogP contribution in [0, 0.1) is 0 Å². The van der Waals surface area contributed by atoms with Gasteiger partial charge in [0, 0.05) is 11.6 Å². The van der Waals surface area contributed by atoms with Gasteiger partial charge in [0.15, 0.2) is 0 Å². The van der Waals surface area contributed by atoms with Crippen LogP contribution in [-0.4, -0.2) is 38.4 Å². The largest absolute Gasteiger partial charge is 0.496 e. The number of hydrogen-bond acceptors (Lipinski definition) is 7. The Labute approximate surface area is 181 Å². The van der Waals surface area contributed by atoms with Gasteiger partial charge in [-0.1, -0.05) is 11.6 Å². The van der Waals surface area contributed by atoms with Crippen LogP contribution in [0.3, 0.4) is 0 Å². The fourth-order valence-corrected chi connectivity index (χ4v) is 3.80. The highest BCUT2D eigenvalue weighted by molar-refractivity contribution is 9.10. The van der Waals surface area contributed by atoms with Gasteiger partial charge < -0.3 is 24.7 Å². The molecule has 29 heavy (non-hydrogen) atoms. The Bertz CT molecular complexity index is 1040. The van der Waals surface area contributed by atoms with Gasteiger partial charge in [0.1, 0.15) is 28.2 Å². The molecular formula is C20H19BrClN3O4. The molecule has 2 N–H and O–H groups in total. The minimum absolute atomic E-state index is 0.0413. The first kappa shape index (κ1) is 21.0. The summed E-state index contributed by atoms with van der Waals surface area (Å²) in [5.74, 6) is 2.28. The number of benzene rings is 2. The molecule has 0 unspecified atom stereocenters. The maximum absolute atomic E-state index is 6.11. The fraction of sp³-hybridized carbons (Fsp3) is 0.200. The predicted molar refractivity (Wildman–Crippen MR) is 116 cm³/mol. The molecule has 7 nitrogen and oxygen atoms in total. The van der Waals surface area contributed by atoms with Gasteiger partial charge in [-0.05, 0) is 40.2 Å². The molecule has 9 heteroatoms. The topological polar surface area (TPSA) is 88.7 Å². The van der Waals surface area contributed by atoms with Crippen molar-refractivity contribution in [3.63, 3.8) is 0 Å².